The highest BCUT2D eigenvalue weighted by atomic mass is 32.2. The molecule has 3 saturated heterocycles. The number of piperidine rings is 1. The molecule has 7 nitrogen and oxygen atoms in total. The highest BCUT2D eigenvalue weighted by molar-refractivity contribution is 7.86. The van der Waals surface area contributed by atoms with Gasteiger partial charge in [0.2, 0.25) is 5.91 Å². The topological polar surface area (TPSA) is 64.2 Å². The first-order chi connectivity index (χ1) is 10.00. The van der Waals surface area contributed by atoms with Crippen molar-refractivity contribution in [2.45, 2.75) is 25.3 Å². The van der Waals surface area contributed by atoms with Crippen LogP contribution in [0.15, 0.2) is 0 Å². The number of nitrogens with zero attached hydrogens (tertiary/aromatic N) is 4. The van der Waals surface area contributed by atoms with Crippen molar-refractivity contribution in [3.63, 3.8) is 0 Å². The average Bonchev–Trinajstić information content (AvgIpc) is 2.51. The summed E-state index contributed by atoms with van der Waals surface area (Å²) in [4.78, 5) is 16.1. The Morgan fingerprint density at radius 2 is 1.57 bits per heavy atom. The van der Waals surface area contributed by atoms with E-state index in [2.05, 4.69) is 4.90 Å². The molecule has 0 spiro atoms. The molecular weight excluding hydrogens is 292 g/mol. The summed E-state index contributed by atoms with van der Waals surface area (Å²) >= 11 is 0. The highest BCUT2D eigenvalue weighted by Gasteiger charge is 2.42. The van der Waals surface area contributed by atoms with E-state index in [4.69, 9.17) is 0 Å². The molecule has 3 rings (SSSR count). The van der Waals surface area contributed by atoms with Crippen LogP contribution < -0.4 is 0 Å². The van der Waals surface area contributed by atoms with Gasteiger partial charge in [0, 0.05) is 52.9 Å². The fourth-order valence-electron chi connectivity index (χ4n) is 3.41. The second kappa shape index (κ2) is 5.83. The van der Waals surface area contributed by atoms with Crippen molar-refractivity contribution in [3.05, 3.63) is 0 Å². The van der Waals surface area contributed by atoms with E-state index in [1.165, 1.54) is 4.31 Å². The molecule has 21 heavy (non-hydrogen) atoms. The van der Waals surface area contributed by atoms with E-state index in [-0.39, 0.29) is 11.9 Å². The number of carbonyl (C=O) groups is 1. The maximum absolute atomic E-state index is 12.7. The first-order valence-electron chi connectivity index (χ1n) is 7.74. The summed E-state index contributed by atoms with van der Waals surface area (Å²) in [6, 6.07) is -0.308. The van der Waals surface area contributed by atoms with Crippen LogP contribution in [0, 0.1) is 0 Å². The molecule has 0 N–H and O–H groups in total. The van der Waals surface area contributed by atoms with Crippen molar-refractivity contribution in [1.82, 2.24) is 18.4 Å². The molecule has 1 amide bonds. The largest absolute Gasteiger partial charge is 0.343 e. The molecule has 3 heterocycles. The van der Waals surface area contributed by atoms with E-state index in [9.17, 15) is 13.2 Å². The molecule has 0 bridgehead atoms. The van der Waals surface area contributed by atoms with Gasteiger partial charge in [-0.2, -0.15) is 17.0 Å². The Hall–Kier alpha value is -0.700. The Kier molecular flexibility index (Phi) is 4.22. The Morgan fingerprint density at radius 1 is 0.905 bits per heavy atom. The Balaban J connectivity index is 1.73. The number of fused-ring (bicyclic) bond motifs is 1. The molecular formula is C13H24N4O3S. The number of piperazine rings is 2. The van der Waals surface area contributed by atoms with Crippen LogP contribution in [0.5, 0.6) is 0 Å². The predicted octanol–water partition coefficient (Wildman–Crippen LogP) is -0.825. The maximum atomic E-state index is 12.7. The van der Waals surface area contributed by atoms with Crippen LogP contribution in [0.3, 0.4) is 0 Å². The molecule has 0 aromatic rings. The lowest BCUT2D eigenvalue weighted by molar-refractivity contribution is -0.142. The van der Waals surface area contributed by atoms with E-state index in [0.717, 1.165) is 32.4 Å². The quantitative estimate of drug-likeness (QED) is 0.667. The van der Waals surface area contributed by atoms with Crippen molar-refractivity contribution in [1.29, 1.82) is 0 Å². The lowest BCUT2D eigenvalue weighted by Crippen LogP contribution is -2.65. The number of likely N-dealkylation sites (N-methyl/N-ethyl adjacent to an activating group) is 1. The van der Waals surface area contributed by atoms with Crippen LogP contribution in [-0.2, 0) is 15.0 Å². The molecule has 0 aliphatic carbocycles. The lowest BCUT2D eigenvalue weighted by Gasteiger charge is -2.45. The van der Waals surface area contributed by atoms with Crippen LogP contribution in [0.1, 0.15) is 19.3 Å². The van der Waals surface area contributed by atoms with E-state index in [1.54, 1.807) is 16.3 Å². The molecule has 0 aromatic heterocycles. The normalized spacial score (nSPS) is 30.4. The van der Waals surface area contributed by atoms with Crippen molar-refractivity contribution in [2.24, 2.45) is 0 Å². The summed E-state index contributed by atoms with van der Waals surface area (Å²) in [5, 5.41) is 0. The Labute approximate surface area is 126 Å². The fourth-order valence-corrected chi connectivity index (χ4v) is 5.10. The summed E-state index contributed by atoms with van der Waals surface area (Å²) in [6.45, 7) is 4.23. The van der Waals surface area contributed by atoms with E-state index < -0.39 is 10.2 Å². The molecule has 1 atom stereocenters. The first-order valence-corrected chi connectivity index (χ1v) is 9.14. The van der Waals surface area contributed by atoms with Crippen LogP contribution in [-0.4, -0.2) is 91.6 Å². The SMILES string of the molecule is CN1CCN2CCN(S(=O)(=O)N3CCCCC3)C[C@H]2C1=O. The summed E-state index contributed by atoms with van der Waals surface area (Å²) < 4.78 is 28.5. The summed E-state index contributed by atoms with van der Waals surface area (Å²) in [5.41, 5.74) is 0. The maximum Gasteiger partial charge on any atom is 0.282 e. The van der Waals surface area contributed by atoms with Gasteiger partial charge in [-0.05, 0) is 12.8 Å². The van der Waals surface area contributed by atoms with Crippen LogP contribution in [0.4, 0.5) is 0 Å². The van der Waals surface area contributed by atoms with E-state index in [0.29, 0.717) is 32.7 Å². The van der Waals surface area contributed by atoms with Crippen LogP contribution >= 0.6 is 0 Å². The molecule has 8 heteroatoms. The standard InChI is InChI=1S/C13H24N4O3S/c1-14-7-8-15-9-10-17(11-12(15)13(14)18)21(19,20)16-5-3-2-4-6-16/h12H,2-11H2,1H3/t12-/m0/s1. The summed E-state index contributed by atoms with van der Waals surface area (Å²) in [7, 11) is -1.62. The highest BCUT2D eigenvalue weighted by Crippen LogP contribution is 2.22. The molecule has 120 valence electrons. The second-order valence-corrected chi connectivity index (χ2v) is 8.07. The number of hydrogen-bond donors (Lipinski definition) is 0. The van der Waals surface area contributed by atoms with Gasteiger partial charge in [-0.25, -0.2) is 0 Å². The van der Waals surface area contributed by atoms with Gasteiger partial charge >= 0.3 is 0 Å². The molecule has 0 saturated carbocycles. The Bertz CT molecular complexity index is 504. The van der Waals surface area contributed by atoms with Gasteiger partial charge in [0.25, 0.3) is 10.2 Å². The Morgan fingerprint density at radius 3 is 2.29 bits per heavy atom. The number of amides is 1. The van der Waals surface area contributed by atoms with Gasteiger partial charge in [0.15, 0.2) is 0 Å². The van der Waals surface area contributed by atoms with Crippen LogP contribution in [0.2, 0.25) is 0 Å². The molecule has 0 unspecified atom stereocenters. The van der Waals surface area contributed by atoms with Gasteiger partial charge in [0.05, 0.1) is 0 Å². The van der Waals surface area contributed by atoms with Crippen molar-refractivity contribution in [2.75, 3.05) is 52.9 Å². The molecule has 3 aliphatic rings. The van der Waals surface area contributed by atoms with Crippen LogP contribution in [0.25, 0.3) is 0 Å². The molecule has 0 aromatic carbocycles. The zero-order valence-corrected chi connectivity index (χ0v) is 13.4. The predicted molar refractivity (Wildman–Crippen MR) is 78.9 cm³/mol. The zero-order valence-electron chi connectivity index (χ0n) is 12.6. The van der Waals surface area contributed by atoms with Gasteiger partial charge in [-0.1, -0.05) is 6.42 Å². The number of hydrogen-bond acceptors (Lipinski definition) is 4. The van der Waals surface area contributed by atoms with Gasteiger partial charge < -0.3 is 4.90 Å². The number of rotatable bonds is 2. The lowest BCUT2D eigenvalue weighted by atomic mass is 10.1. The average molecular weight is 316 g/mol. The molecule has 3 aliphatic heterocycles. The zero-order chi connectivity index (χ0) is 15.0. The third kappa shape index (κ3) is 2.81. The van der Waals surface area contributed by atoms with E-state index >= 15 is 0 Å². The third-order valence-electron chi connectivity index (χ3n) is 4.81. The first kappa shape index (κ1) is 15.2. The minimum atomic E-state index is -3.41. The number of carbonyl (C=O) groups excluding carboxylic acids is 1. The van der Waals surface area contributed by atoms with Crippen molar-refractivity contribution < 1.29 is 13.2 Å². The van der Waals surface area contributed by atoms with Crippen molar-refractivity contribution >= 4 is 16.1 Å². The van der Waals surface area contributed by atoms with Gasteiger partial charge in [-0.3, -0.25) is 9.69 Å². The van der Waals surface area contributed by atoms with Gasteiger partial charge in [-0.15, -0.1) is 0 Å². The summed E-state index contributed by atoms with van der Waals surface area (Å²) in [6.07, 6.45) is 2.97. The molecule has 0 radical (unpaired) electrons. The minimum Gasteiger partial charge on any atom is -0.343 e. The monoisotopic (exact) mass is 316 g/mol. The minimum absolute atomic E-state index is 0.0415. The summed E-state index contributed by atoms with van der Waals surface area (Å²) in [5.74, 6) is 0.0415. The van der Waals surface area contributed by atoms with Crippen molar-refractivity contribution in [3.8, 4) is 0 Å². The van der Waals surface area contributed by atoms with Gasteiger partial charge in [0.1, 0.15) is 6.04 Å². The second-order valence-electron chi connectivity index (χ2n) is 6.14. The third-order valence-corrected chi connectivity index (χ3v) is 6.81. The fraction of sp³-hybridized carbons (Fsp3) is 0.923. The van der Waals surface area contributed by atoms with E-state index in [1.807, 2.05) is 0 Å². The molecule has 3 fully saturated rings. The smallest absolute Gasteiger partial charge is 0.282 e.